The average molecular weight is 462 g/mol. The molecule has 5 rings (SSSR count). The molecule has 0 N–H and O–H groups in total. The van der Waals surface area contributed by atoms with Crippen LogP contribution in [0.5, 0.6) is 0 Å². The van der Waals surface area contributed by atoms with Gasteiger partial charge in [-0.25, -0.2) is 0 Å². The summed E-state index contributed by atoms with van der Waals surface area (Å²) in [5.41, 5.74) is 5.02. The van der Waals surface area contributed by atoms with Gasteiger partial charge in [-0.05, 0) is 49.2 Å². The minimum absolute atomic E-state index is 0.0244. The molecule has 2 heterocycles. The van der Waals surface area contributed by atoms with E-state index in [1.165, 1.54) is 0 Å². The number of pyridine rings is 1. The zero-order chi connectivity index (χ0) is 24.4. The van der Waals surface area contributed by atoms with Crippen LogP contribution < -0.4 is 9.80 Å². The standard InChI is InChI=1S/C30H27N3O2/c1-21-19-29(33(22(2)34)25-13-7-4-8-14-25)26-15-9-10-16-28(26)32(21)30(35)24-17-18-27(31-20-24)23-11-5-3-6-12-23/h3-18,20-21,29H,19H2,1-2H3/t21-,29+/m1/s1. The molecule has 0 bridgehead atoms. The Morgan fingerprint density at radius 1 is 0.857 bits per heavy atom. The molecule has 2 amide bonds. The largest absolute Gasteiger partial charge is 0.305 e. The van der Waals surface area contributed by atoms with Crippen LogP contribution in [0.15, 0.2) is 103 Å². The molecule has 0 aliphatic carbocycles. The van der Waals surface area contributed by atoms with Crippen molar-refractivity contribution >= 4 is 23.2 Å². The van der Waals surface area contributed by atoms with Gasteiger partial charge < -0.3 is 9.80 Å². The van der Waals surface area contributed by atoms with E-state index in [0.717, 1.165) is 28.2 Å². The van der Waals surface area contributed by atoms with Gasteiger partial charge in [0.2, 0.25) is 5.91 Å². The van der Waals surface area contributed by atoms with Gasteiger partial charge in [0.15, 0.2) is 0 Å². The van der Waals surface area contributed by atoms with Crippen LogP contribution in [0.4, 0.5) is 11.4 Å². The molecule has 5 heteroatoms. The predicted molar refractivity (Wildman–Crippen MR) is 139 cm³/mol. The normalized spacial score (nSPS) is 16.9. The van der Waals surface area contributed by atoms with Crippen molar-refractivity contribution in [1.29, 1.82) is 0 Å². The molecule has 0 saturated carbocycles. The Kier molecular flexibility index (Phi) is 6.15. The summed E-state index contributed by atoms with van der Waals surface area (Å²) in [4.78, 5) is 34.7. The van der Waals surface area contributed by atoms with Gasteiger partial charge in [-0.1, -0.05) is 66.7 Å². The Morgan fingerprint density at radius 2 is 1.51 bits per heavy atom. The monoisotopic (exact) mass is 461 g/mol. The number of carbonyl (C=O) groups is 2. The van der Waals surface area contributed by atoms with E-state index in [2.05, 4.69) is 4.98 Å². The Morgan fingerprint density at radius 3 is 2.17 bits per heavy atom. The number of aromatic nitrogens is 1. The molecule has 35 heavy (non-hydrogen) atoms. The Hall–Kier alpha value is -4.25. The number of fused-ring (bicyclic) bond motifs is 1. The molecule has 5 nitrogen and oxygen atoms in total. The Labute approximate surface area is 205 Å². The first-order chi connectivity index (χ1) is 17.0. The molecular weight excluding hydrogens is 434 g/mol. The van der Waals surface area contributed by atoms with Gasteiger partial charge in [0, 0.05) is 36.1 Å². The van der Waals surface area contributed by atoms with E-state index in [1.807, 2.05) is 114 Å². The van der Waals surface area contributed by atoms with E-state index in [1.54, 1.807) is 13.1 Å². The fourth-order valence-electron chi connectivity index (χ4n) is 4.94. The van der Waals surface area contributed by atoms with Crippen LogP contribution in [-0.4, -0.2) is 22.8 Å². The summed E-state index contributed by atoms with van der Waals surface area (Å²) < 4.78 is 0. The topological polar surface area (TPSA) is 53.5 Å². The van der Waals surface area contributed by atoms with Gasteiger partial charge >= 0.3 is 0 Å². The molecule has 0 unspecified atom stereocenters. The van der Waals surface area contributed by atoms with Crippen molar-refractivity contribution in [2.75, 3.05) is 9.80 Å². The average Bonchev–Trinajstić information content (AvgIpc) is 2.89. The van der Waals surface area contributed by atoms with Crippen LogP contribution in [0.3, 0.4) is 0 Å². The summed E-state index contributed by atoms with van der Waals surface area (Å²) in [6.45, 7) is 3.63. The predicted octanol–water partition coefficient (Wildman–Crippen LogP) is 6.28. The fraction of sp³-hybridized carbons (Fsp3) is 0.167. The van der Waals surface area contributed by atoms with Crippen molar-refractivity contribution < 1.29 is 9.59 Å². The van der Waals surface area contributed by atoms with Gasteiger partial charge in [0.25, 0.3) is 5.91 Å². The molecule has 0 fully saturated rings. The second-order valence-corrected chi connectivity index (χ2v) is 8.86. The highest BCUT2D eigenvalue weighted by molar-refractivity contribution is 6.07. The first kappa shape index (κ1) is 22.5. The summed E-state index contributed by atoms with van der Waals surface area (Å²) in [5.74, 6) is -0.117. The highest BCUT2D eigenvalue weighted by atomic mass is 16.2. The zero-order valence-corrected chi connectivity index (χ0v) is 19.8. The Bertz CT molecular complexity index is 1340. The van der Waals surface area contributed by atoms with Gasteiger partial charge in [-0.2, -0.15) is 0 Å². The molecule has 0 spiro atoms. The van der Waals surface area contributed by atoms with E-state index in [-0.39, 0.29) is 23.9 Å². The van der Waals surface area contributed by atoms with Gasteiger partial charge in [0.1, 0.15) is 0 Å². The maximum Gasteiger partial charge on any atom is 0.260 e. The summed E-state index contributed by atoms with van der Waals surface area (Å²) in [5, 5.41) is 0. The number of carbonyl (C=O) groups excluding carboxylic acids is 2. The van der Waals surface area contributed by atoms with Crippen LogP contribution in [0, 0.1) is 0 Å². The smallest absolute Gasteiger partial charge is 0.260 e. The number of hydrogen-bond donors (Lipinski definition) is 0. The van der Waals surface area contributed by atoms with E-state index in [9.17, 15) is 9.59 Å². The number of amides is 2. The van der Waals surface area contributed by atoms with E-state index >= 15 is 0 Å². The zero-order valence-electron chi connectivity index (χ0n) is 19.8. The summed E-state index contributed by atoms with van der Waals surface area (Å²) in [6.07, 6.45) is 2.28. The van der Waals surface area contributed by atoms with Crippen molar-refractivity contribution in [2.45, 2.75) is 32.4 Å². The van der Waals surface area contributed by atoms with E-state index < -0.39 is 0 Å². The molecule has 2 atom stereocenters. The molecule has 174 valence electrons. The molecular formula is C30H27N3O2. The van der Waals surface area contributed by atoms with Crippen molar-refractivity contribution in [3.8, 4) is 11.3 Å². The van der Waals surface area contributed by atoms with Gasteiger partial charge in [-0.3, -0.25) is 14.6 Å². The number of benzene rings is 3. The quantitative estimate of drug-likeness (QED) is 0.359. The lowest BCUT2D eigenvalue weighted by Gasteiger charge is -2.43. The molecule has 4 aromatic rings. The van der Waals surface area contributed by atoms with Crippen LogP contribution in [-0.2, 0) is 4.79 Å². The van der Waals surface area contributed by atoms with Gasteiger partial charge in [-0.15, -0.1) is 0 Å². The molecule has 1 aromatic heterocycles. The first-order valence-corrected chi connectivity index (χ1v) is 11.8. The number of hydrogen-bond acceptors (Lipinski definition) is 3. The first-order valence-electron chi connectivity index (χ1n) is 11.8. The maximum atomic E-state index is 13.7. The SMILES string of the molecule is CC(=O)N(c1ccccc1)[C@H]1C[C@@H](C)N(C(=O)c2ccc(-c3ccccc3)nc2)c2ccccc21. The van der Waals surface area contributed by atoms with E-state index in [0.29, 0.717) is 12.0 Å². The molecule has 0 radical (unpaired) electrons. The van der Waals surface area contributed by atoms with Crippen molar-refractivity contribution in [1.82, 2.24) is 4.98 Å². The lowest BCUT2D eigenvalue weighted by Crippen LogP contribution is -2.47. The minimum atomic E-state index is -0.163. The third kappa shape index (κ3) is 4.33. The van der Waals surface area contributed by atoms with Crippen molar-refractivity contribution in [3.05, 3.63) is 114 Å². The second kappa shape index (κ2) is 9.55. The number of rotatable bonds is 4. The highest BCUT2D eigenvalue weighted by Crippen LogP contribution is 2.42. The third-order valence-electron chi connectivity index (χ3n) is 6.54. The summed E-state index contributed by atoms with van der Waals surface area (Å²) in [6, 6.07) is 31.0. The van der Waals surface area contributed by atoms with Crippen molar-refractivity contribution in [3.63, 3.8) is 0 Å². The molecule has 1 aliphatic rings. The number of anilines is 2. The lowest BCUT2D eigenvalue weighted by atomic mass is 9.89. The van der Waals surface area contributed by atoms with Crippen LogP contribution >= 0.6 is 0 Å². The fourth-order valence-corrected chi connectivity index (χ4v) is 4.94. The third-order valence-corrected chi connectivity index (χ3v) is 6.54. The summed E-state index contributed by atoms with van der Waals surface area (Å²) >= 11 is 0. The molecule has 1 aliphatic heterocycles. The number of nitrogens with zero attached hydrogens (tertiary/aromatic N) is 3. The van der Waals surface area contributed by atoms with Gasteiger partial charge in [0.05, 0.1) is 17.3 Å². The number of para-hydroxylation sites is 2. The van der Waals surface area contributed by atoms with Crippen LogP contribution in [0.1, 0.15) is 42.2 Å². The second-order valence-electron chi connectivity index (χ2n) is 8.86. The molecule has 3 aromatic carbocycles. The molecule has 0 saturated heterocycles. The summed E-state index contributed by atoms with van der Waals surface area (Å²) in [7, 11) is 0. The minimum Gasteiger partial charge on any atom is -0.305 e. The van der Waals surface area contributed by atoms with Crippen molar-refractivity contribution in [2.24, 2.45) is 0 Å². The Balaban J connectivity index is 1.50. The van der Waals surface area contributed by atoms with E-state index in [4.69, 9.17) is 0 Å². The highest BCUT2D eigenvalue weighted by Gasteiger charge is 2.38. The van der Waals surface area contributed by atoms with Crippen LogP contribution in [0.25, 0.3) is 11.3 Å². The van der Waals surface area contributed by atoms with Crippen LogP contribution in [0.2, 0.25) is 0 Å². The maximum absolute atomic E-state index is 13.7. The lowest BCUT2D eigenvalue weighted by molar-refractivity contribution is -0.117.